The van der Waals surface area contributed by atoms with Gasteiger partial charge in [-0.15, -0.1) is 0 Å². The van der Waals surface area contributed by atoms with Gasteiger partial charge in [-0.3, -0.25) is 14.4 Å². The first-order valence-electron chi connectivity index (χ1n) is 45.9. The molecule has 5 fully saturated rings. The van der Waals surface area contributed by atoms with E-state index in [4.69, 9.17) is 47.4 Å². The zero-order chi connectivity index (χ0) is 91.5. The Labute approximate surface area is 729 Å². The number of carbonyl (C=O) groups excluding carboxylic acids is 4. The number of aliphatic hydroxyl groups excluding tert-OH is 16. The molecule has 5 rings (SSSR count). The normalized spacial score (nSPS) is 32.0. The summed E-state index contributed by atoms with van der Waals surface area (Å²) in [4.78, 5) is 79.4. The van der Waals surface area contributed by atoms with E-state index in [9.17, 15) is 121 Å². The Kier molecular flexibility index (Phi) is 52.6. The van der Waals surface area contributed by atoms with Gasteiger partial charge in [0.2, 0.25) is 17.7 Å². The molecule has 0 spiro atoms. The SMILES string of the molecule is CCCCCCCCC=CCCCCCCCCCCCCCCCC(=O)N[C@@H](CO[C@@H]1O[C@H](CO)[C@@H](O[C@@H]2O[C@H](CO)[C@H](O[C@@H]3O[C@H](CO)[C@H](O)[C@H](O)[C@H]3CC(C)=O)[C@H](O[C@]3(C(=O)O)C[C@H](O)[C@@H](NC(C)=O)C([C@H](O)[C@@H](CO)O[C@]4(C(=O)O)C[C@H](O)[C@@H](NC(C)=O)C([C@H](O)[C@H](O)CO)O4)O3)[C@H]2O)[C@H](O)[C@H]1O)[C@H](O)CCCCCCCCCCCCCCC. The molecule has 3 amide bonds. The number of hydrogen-bond acceptors (Lipinski definition) is 32. The van der Waals surface area contributed by atoms with Gasteiger partial charge in [0.25, 0.3) is 11.6 Å². The van der Waals surface area contributed by atoms with Crippen LogP contribution >= 0.6 is 0 Å². The summed E-state index contributed by atoms with van der Waals surface area (Å²) in [5.74, 6) is -15.8. The number of ether oxygens (including phenoxy) is 10. The number of hydrogen-bond donors (Lipinski definition) is 21. The molecular formula is C87H155N3O34. The number of Topliss-reactive ketones (excluding diaryl/α,β-unsaturated/α-hetero) is 1. The third-order valence-corrected chi connectivity index (χ3v) is 24.3. The van der Waals surface area contributed by atoms with Crippen LogP contribution in [0, 0.1) is 5.92 Å². The molecule has 0 radical (unpaired) electrons. The average molecular weight is 1790 g/mol. The van der Waals surface area contributed by atoms with E-state index in [0.717, 1.165) is 91.4 Å². The molecule has 5 heterocycles. The zero-order valence-electron chi connectivity index (χ0n) is 73.6. The van der Waals surface area contributed by atoms with Crippen LogP contribution in [0.1, 0.15) is 285 Å². The van der Waals surface area contributed by atoms with Crippen molar-refractivity contribution < 1.29 is 168 Å². The van der Waals surface area contributed by atoms with Crippen LogP contribution in [-0.2, 0) is 76.1 Å². The third kappa shape index (κ3) is 35.4. The van der Waals surface area contributed by atoms with Crippen molar-refractivity contribution in [3.63, 3.8) is 0 Å². The van der Waals surface area contributed by atoms with E-state index in [1.165, 1.54) is 135 Å². The molecule has 5 aliphatic rings. The van der Waals surface area contributed by atoms with Crippen LogP contribution in [0.25, 0.3) is 0 Å². The summed E-state index contributed by atoms with van der Waals surface area (Å²) < 4.78 is 60.3. The van der Waals surface area contributed by atoms with Crippen molar-refractivity contribution in [3.8, 4) is 0 Å². The van der Waals surface area contributed by atoms with Crippen LogP contribution in [0.5, 0.6) is 0 Å². The minimum absolute atomic E-state index is 0.137. The summed E-state index contributed by atoms with van der Waals surface area (Å²) in [6, 6.07) is -4.87. The molecule has 0 aliphatic carbocycles. The monoisotopic (exact) mass is 1790 g/mol. The summed E-state index contributed by atoms with van der Waals surface area (Å²) >= 11 is 0. The van der Waals surface area contributed by atoms with Gasteiger partial charge >= 0.3 is 11.9 Å². The molecular weight excluding hydrogens is 1630 g/mol. The van der Waals surface area contributed by atoms with Gasteiger partial charge in [0.15, 0.2) is 18.9 Å². The van der Waals surface area contributed by atoms with E-state index in [2.05, 4.69) is 41.9 Å². The molecule has 0 aromatic carbocycles. The average Bonchev–Trinajstić information content (AvgIpc) is 0.746. The molecule has 2 unspecified atom stereocenters. The highest BCUT2D eigenvalue weighted by molar-refractivity contribution is 5.78. The van der Waals surface area contributed by atoms with Crippen LogP contribution in [0.4, 0.5) is 0 Å². The van der Waals surface area contributed by atoms with Crippen molar-refractivity contribution in [1.29, 1.82) is 0 Å². The molecule has 124 heavy (non-hydrogen) atoms. The molecule has 21 N–H and O–H groups in total. The van der Waals surface area contributed by atoms with E-state index >= 15 is 0 Å². The summed E-state index contributed by atoms with van der Waals surface area (Å²) in [5.41, 5.74) is 0. The summed E-state index contributed by atoms with van der Waals surface area (Å²) in [6.07, 6.45) is -8.84. The second kappa shape index (κ2) is 59.2. The fourth-order valence-corrected chi connectivity index (χ4v) is 17.1. The van der Waals surface area contributed by atoms with Crippen molar-refractivity contribution in [1.82, 2.24) is 16.0 Å². The molecule has 0 saturated carbocycles. The van der Waals surface area contributed by atoms with Gasteiger partial charge in [-0.25, -0.2) is 9.59 Å². The Morgan fingerprint density at radius 2 is 0.879 bits per heavy atom. The lowest BCUT2D eigenvalue weighted by Crippen LogP contribution is -2.72. The Bertz CT molecular complexity index is 3010. The molecule has 0 bridgehead atoms. The van der Waals surface area contributed by atoms with Gasteiger partial charge in [-0.2, -0.15) is 0 Å². The predicted molar refractivity (Wildman–Crippen MR) is 445 cm³/mol. The lowest BCUT2D eigenvalue weighted by Gasteiger charge is -2.52. The first-order chi connectivity index (χ1) is 59.3. The van der Waals surface area contributed by atoms with Gasteiger partial charge in [0.05, 0.1) is 82.2 Å². The molecule has 0 aromatic rings. The van der Waals surface area contributed by atoms with Gasteiger partial charge < -0.3 is 160 Å². The maximum Gasteiger partial charge on any atom is 0.364 e. The lowest BCUT2D eigenvalue weighted by molar-refractivity contribution is -0.404. The van der Waals surface area contributed by atoms with Crippen LogP contribution in [0.15, 0.2) is 12.2 Å². The highest BCUT2D eigenvalue weighted by Crippen LogP contribution is 2.43. The minimum atomic E-state index is -3.57. The van der Waals surface area contributed by atoms with Crippen LogP contribution in [0.3, 0.4) is 0 Å². The molecule has 5 saturated heterocycles. The number of carbonyl (C=O) groups is 6. The second-order valence-corrected chi connectivity index (χ2v) is 34.6. The van der Waals surface area contributed by atoms with E-state index in [1.807, 2.05) is 0 Å². The van der Waals surface area contributed by atoms with Crippen molar-refractivity contribution in [2.45, 2.75) is 456 Å². The molecule has 5 aliphatic heterocycles. The fourth-order valence-electron chi connectivity index (χ4n) is 17.1. The fraction of sp³-hybridized carbons (Fsp3) is 0.908. The number of rotatable bonds is 65. The van der Waals surface area contributed by atoms with Gasteiger partial charge in [-0.05, 0) is 45.4 Å². The number of allylic oxidation sites excluding steroid dienone is 2. The minimum Gasteiger partial charge on any atom is -0.477 e. The summed E-state index contributed by atoms with van der Waals surface area (Å²) in [5, 5.41) is 211. The number of ketones is 1. The molecule has 29 atom stereocenters. The summed E-state index contributed by atoms with van der Waals surface area (Å²) in [7, 11) is 0. The quantitative estimate of drug-likeness (QED) is 0.0307. The first kappa shape index (κ1) is 110. The van der Waals surface area contributed by atoms with E-state index in [0.29, 0.717) is 12.8 Å². The van der Waals surface area contributed by atoms with E-state index < -0.39 is 265 Å². The van der Waals surface area contributed by atoms with Crippen molar-refractivity contribution in [2.24, 2.45) is 5.92 Å². The molecule has 722 valence electrons. The van der Waals surface area contributed by atoms with E-state index in [-0.39, 0.29) is 18.7 Å². The highest BCUT2D eigenvalue weighted by Gasteiger charge is 2.64. The second-order valence-electron chi connectivity index (χ2n) is 34.6. The smallest absolute Gasteiger partial charge is 0.364 e. The number of amides is 3. The number of nitrogens with one attached hydrogen (secondary N) is 3. The Hall–Kier alpha value is -4.28. The first-order valence-corrected chi connectivity index (χ1v) is 45.9. The van der Waals surface area contributed by atoms with Gasteiger partial charge in [0.1, 0.15) is 103 Å². The van der Waals surface area contributed by atoms with Crippen molar-refractivity contribution in [3.05, 3.63) is 12.2 Å². The number of aliphatic carboxylic acids is 2. The van der Waals surface area contributed by atoms with Gasteiger partial charge in [0, 0.05) is 45.4 Å². The predicted octanol–water partition coefficient (Wildman–Crippen LogP) is 2.52. The molecule has 37 nitrogen and oxygen atoms in total. The summed E-state index contributed by atoms with van der Waals surface area (Å²) in [6.45, 7) is 0.821. The molecule has 37 heteroatoms. The molecule has 0 aromatic heterocycles. The van der Waals surface area contributed by atoms with Crippen molar-refractivity contribution >= 4 is 35.4 Å². The number of carboxylic acid groups (broad SMARTS) is 2. The number of unbranched alkanes of at least 4 members (excludes halogenated alkanes) is 31. The van der Waals surface area contributed by atoms with Crippen LogP contribution in [-0.4, -0.2) is 338 Å². The topological polar surface area (TPSA) is 595 Å². The van der Waals surface area contributed by atoms with Gasteiger partial charge in [-0.1, -0.05) is 212 Å². The number of aliphatic hydroxyl groups is 16. The Morgan fingerprint density at radius 1 is 0.452 bits per heavy atom. The van der Waals surface area contributed by atoms with Crippen molar-refractivity contribution in [2.75, 3.05) is 39.6 Å². The number of carboxylic acids is 2. The largest absolute Gasteiger partial charge is 0.477 e. The zero-order valence-corrected chi connectivity index (χ0v) is 73.6. The van der Waals surface area contributed by atoms with Crippen LogP contribution < -0.4 is 16.0 Å². The lowest BCUT2D eigenvalue weighted by atomic mass is 9.86. The Morgan fingerprint density at radius 3 is 1.34 bits per heavy atom. The Balaban J connectivity index is 1.36. The van der Waals surface area contributed by atoms with E-state index in [1.54, 1.807) is 0 Å². The highest BCUT2D eigenvalue weighted by atomic mass is 16.8. The standard InChI is InChI=1S/C87H155N3O34/c1-6-8-10-12-14-16-18-20-21-22-23-24-25-26-27-28-29-31-33-35-37-39-41-43-66(103)90-57(58(99)42-40-38-36-34-32-30-19-17-15-13-11-9-7-2)52-115-82-74(109)73(108)76(64(50-94)117-82)119-83-75(110)80(77(65(51-95)118-83)120-81-56(44-53(3)96)69(104)71(106)62(48-92)116-81)124-87(85(113)114)46-60(101)68(89-55(5)98)79(123-87)72(107)63(49-93)121-86(84(111)112)45-59(100)67(88-54(4)97)78(122-86)70(105)61(102)47-91/h20-21,56-65,67-83,91-95,99-102,104-110H,6-19,22-52H2,1-5H3,(H,88,97)(H,89,98)(H,90,103)(H,111,112)(H,113,114)/t56-,57+,58-,59+,60+,61-,62-,63-,64-,65-,67-,68-,69-,70-,71+,72-,73-,74-,75-,76-,77+,78?,79?,80-,81+,82-,83+,86-,87+/m1/s1. The maximum atomic E-state index is 14.2. The maximum absolute atomic E-state index is 14.2. The third-order valence-electron chi connectivity index (χ3n) is 24.3. The van der Waals surface area contributed by atoms with Crippen LogP contribution in [0.2, 0.25) is 0 Å².